The lowest BCUT2D eigenvalue weighted by Gasteiger charge is -2.08. The summed E-state index contributed by atoms with van der Waals surface area (Å²) in [5.41, 5.74) is 0. The fourth-order valence-electron chi connectivity index (χ4n) is 1.60. The Kier molecular flexibility index (Phi) is 3.09. The van der Waals surface area contributed by atoms with E-state index in [9.17, 15) is 5.11 Å². The van der Waals surface area contributed by atoms with E-state index in [1.165, 1.54) is 0 Å². The van der Waals surface area contributed by atoms with Crippen molar-refractivity contribution in [2.45, 2.75) is 38.4 Å². The molecule has 0 saturated heterocycles. The third-order valence-electron chi connectivity index (χ3n) is 2.33. The van der Waals surface area contributed by atoms with Crippen LogP contribution in [0.3, 0.4) is 0 Å². The molecule has 1 aliphatic carbocycles. The van der Waals surface area contributed by atoms with Gasteiger partial charge in [-0.05, 0) is 12.3 Å². The zero-order valence-electron chi connectivity index (χ0n) is 6.29. The number of aliphatic hydroxyl groups is 1. The zero-order valence-corrected chi connectivity index (χ0v) is 7.44. The van der Waals surface area contributed by atoms with Crippen LogP contribution >= 0.6 is 9.47 Å². The third-order valence-corrected chi connectivity index (χ3v) is 2.72. The van der Waals surface area contributed by atoms with Gasteiger partial charge in [0.2, 0.25) is 0 Å². The molecule has 1 fully saturated rings. The minimum Gasteiger partial charge on any atom is -0.393 e. The predicted octanol–water partition coefficient (Wildman–Crippen LogP) is 1.34. The van der Waals surface area contributed by atoms with E-state index in [1.54, 1.807) is 0 Å². The molecule has 2 nitrogen and oxygen atoms in total. The molecule has 0 aromatic carbocycles. The molecule has 3 heteroatoms. The van der Waals surface area contributed by atoms with Crippen molar-refractivity contribution in [3.8, 4) is 0 Å². The Morgan fingerprint density at radius 1 is 1.60 bits per heavy atom. The van der Waals surface area contributed by atoms with Crippen LogP contribution in [0.15, 0.2) is 0 Å². The highest BCUT2D eigenvalue weighted by Crippen LogP contribution is 2.31. The maximum atomic E-state index is 9.40. The predicted molar refractivity (Wildman–Crippen MR) is 43.6 cm³/mol. The summed E-state index contributed by atoms with van der Waals surface area (Å²) >= 11 is 0. The largest absolute Gasteiger partial charge is 0.393 e. The first-order chi connectivity index (χ1) is 4.77. The van der Waals surface area contributed by atoms with E-state index >= 15 is 0 Å². The molecule has 0 radical (unpaired) electrons. The van der Waals surface area contributed by atoms with E-state index in [4.69, 9.17) is 4.52 Å². The number of rotatable bonds is 2. The maximum Gasteiger partial charge on any atom is 0.0639 e. The van der Waals surface area contributed by atoms with Crippen molar-refractivity contribution in [2.75, 3.05) is 0 Å². The van der Waals surface area contributed by atoms with Crippen molar-refractivity contribution < 1.29 is 9.63 Å². The molecule has 1 saturated carbocycles. The summed E-state index contributed by atoms with van der Waals surface area (Å²) in [6, 6.07) is 0. The highest BCUT2D eigenvalue weighted by molar-refractivity contribution is 7.09. The normalized spacial score (nSPS) is 40.5. The van der Waals surface area contributed by atoms with Crippen LogP contribution in [-0.4, -0.2) is 17.3 Å². The molecular formula is C7H15O2P. The van der Waals surface area contributed by atoms with Crippen LogP contribution in [0.1, 0.15) is 26.2 Å². The quantitative estimate of drug-likeness (QED) is 0.621. The van der Waals surface area contributed by atoms with Gasteiger partial charge in [-0.25, -0.2) is 0 Å². The van der Waals surface area contributed by atoms with Crippen LogP contribution in [0.2, 0.25) is 0 Å². The van der Waals surface area contributed by atoms with Crippen molar-refractivity contribution in [2.24, 2.45) is 5.92 Å². The standard InChI is InChI=1S/C7H15O2P/c1-2-5-3-6(9-10)4-7(5)8/h5-8H,2-4,10H2,1H3/t5-,6?,7?/m0/s1. The fraction of sp³-hybridized carbons (Fsp3) is 1.00. The second kappa shape index (κ2) is 3.66. The molecule has 0 aromatic heterocycles. The molecule has 0 amide bonds. The van der Waals surface area contributed by atoms with E-state index in [0.717, 1.165) is 19.3 Å². The van der Waals surface area contributed by atoms with Gasteiger partial charge in [0, 0.05) is 15.9 Å². The first-order valence-corrected chi connectivity index (χ1v) is 4.28. The minimum absolute atomic E-state index is 0.129. The minimum atomic E-state index is -0.129. The van der Waals surface area contributed by atoms with Crippen LogP contribution in [0.4, 0.5) is 0 Å². The molecule has 1 rings (SSSR count). The fourth-order valence-corrected chi connectivity index (χ4v) is 1.82. The monoisotopic (exact) mass is 162 g/mol. The zero-order chi connectivity index (χ0) is 7.56. The van der Waals surface area contributed by atoms with Gasteiger partial charge in [0.15, 0.2) is 0 Å². The highest BCUT2D eigenvalue weighted by Gasteiger charge is 2.31. The van der Waals surface area contributed by atoms with Crippen molar-refractivity contribution in [1.82, 2.24) is 0 Å². The Labute approximate surface area is 64.2 Å². The lowest BCUT2D eigenvalue weighted by atomic mass is 10.0. The topological polar surface area (TPSA) is 29.5 Å². The van der Waals surface area contributed by atoms with Gasteiger partial charge in [0.1, 0.15) is 0 Å². The van der Waals surface area contributed by atoms with Crippen LogP contribution in [0.5, 0.6) is 0 Å². The van der Waals surface area contributed by atoms with Gasteiger partial charge in [0.25, 0.3) is 0 Å². The van der Waals surface area contributed by atoms with Gasteiger partial charge >= 0.3 is 0 Å². The molecule has 1 N–H and O–H groups in total. The molecule has 0 aromatic rings. The smallest absolute Gasteiger partial charge is 0.0639 e. The first-order valence-electron chi connectivity index (χ1n) is 3.81. The molecular weight excluding hydrogens is 147 g/mol. The van der Waals surface area contributed by atoms with Gasteiger partial charge in [-0.3, -0.25) is 0 Å². The Balaban J connectivity index is 2.36. The van der Waals surface area contributed by atoms with Crippen molar-refractivity contribution in [3.05, 3.63) is 0 Å². The molecule has 0 bridgehead atoms. The van der Waals surface area contributed by atoms with Gasteiger partial charge in [0.05, 0.1) is 12.2 Å². The van der Waals surface area contributed by atoms with Crippen LogP contribution in [0, 0.1) is 5.92 Å². The molecule has 10 heavy (non-hydrogen) atoms. The maximum absolute atomic E-state index is 9.40. The van der Waals surface area contributed by atoms with Gasteiger partial charge in [-0.15, -0.1) is 0 Å². The van der Waals surface area contributed by atoms with Crippen molar-refractivity contribution in [3.63, 3.8) is 0 Å². The second-order valence-electron chi connectivity index (χ2n) is 2.97. The molecule has 0 aliphatic heterocycles. The highest BCUT2D eigenvalue weighted by atomic mass is 31.0. The van der Waals surface area contributed by atoms with E-state index in [0.29, 0.717) is 5.92 Å². The summed E-state index contributed by atoms with van der Waals surface area (Å²) in [4.78, 5) is 0. The lowest BCUT2D eigenvalue weighted by molar-refractivity contribution is 0.125. The van der Waals surface area contributed by atoms with Crippen molar-refractivity contribution >= 4 is 9.47 Å². The average molecular weight is 162 g/mol. The average Bonchev–Trinajstić information content (AvgIpc) is 2.30. The van der Waals surface area contributed by atoms with E-state index in [2.05, 4.69) is 16.4 Å². The molecule has 0 spiro atoms. The lowest BCUT2D eigenvalue weighted by Crippen LogP contribution is -2.11. The molecule has 1 aliphatic rings. The summed E-state index contributed by atoms with van der Waals surface area (Å²) in [5.74, 6) is 0.463. The van der Waals surface area contributed by atoms with Crippen molar-refractivity contribution in [1.29, 1.82) is 0 Å². The first kappa shape index (κ1) is 8.45. The van der Waals surface area contributed by atoms with Crippen LogP contribution in [-0.2, 0) is 4.52 Å². The Bertz CT molecular complexity index is 108. The summed E-state index contributed by atoms with van der Waals surface area (Å²) in [6.07, 6.45) is 3.02. The third kappa shape index (κ3) is 1.69. The summed E-state index contributed by atoms with van der Waals surface area (Å²) in [6.45, 7) is 2.11. The molecule has 60 valence electrons. The van der Waals surface area contributed by atoms with Crippen LogP contribution < -0.4 is 0 Å². The number of hydrogen-bond donors (Lipinski definition) is 1. The van der Waals surface area contributed by atoms with Gasteiger partial charge < -0.3 is 9.63 Å². The van der Waals surface area contributed by atoms with Gasteiger partial charge in [-0.1, -0.05) is 13.3 Å². The summed E-state index contributed by atoms with van der Waals surface area (Å²) in [5, 5.41) is 9.40. The molecule has 4 atom stereocenters. The molecule has 0 heterocycles. The van der Waals surface area contributed by atoms with Gasteiger partial charge in [-0.2, -0.15) is 0 Å². The van der Waals surface area contributed by atoms with E-state index < -0.39 is 0 Å². The van der Waals surface area contributed by atoms with Crippen LogP contribution in [0.25, 0.3) is 0 Å². The Morgan fingerprint density at radius 3 is 2.60 bits per heavy atom. The van der Waals surface area contributed by atoms with E-state index in [-0.39, 0.29) is 12.2 Å². The SMILES string of the molecule is CC[C@H]1CC(OP)CC1O. The number of aliphatic hydroxyl groups excluding tert-OH is 1. The summed E-state index contributed by atoms with van der Waals surface area (Å²) in [7, 11) is 2.27. The Morgan fingerprint density at radius 2 is 2.30 bits per heavy atom. The Hall–Kier alpha value is 0.350. The number of hydrogen-bond acceptors (Lipinski definition) is 2. The summed E-state index contributed by atoms with van der Waals surface area (Å²) < 4.78 is 5.07. The van der Waals surface area contributed by atoms with E-state index in [1.807, 2.05) is 0 Å². The second-order valence-corrected chi connectivity index (χ2v) is 3.24. The molecule has 3 unspecified atom stereocenters.